The third kappa shape index (κ3) is 2.65. The molecule has 0 saturated carbocycles. The minimum Gasteiger partial charge on any atom is -0.496 e. The fraction of sp³-hybridized carbons (Fsp3) is 0.267. The van der Waals surface area contributed by atoms with Crippen molar-refractivity contribution in [2.24, 2.45) is 0 Å². The summed E-state index contributed by atoms with van der Waals surface area (Å²) < 4.78 is 26.4. The number of hydrogen-bond donors (Lipinski definition) is 0. The molecule has 1 heterocycles. The Morgan fingerprint density at radius 1 is 1.14 bits per heavy atom. The molecule has 0 unspecified atom stereocenters. The van der Waals surface area contributed by atoms with Gasteiger partial charge >= 0.3 is 5.63 Å². The molecule has 0 saturated heterocycles. The molecule has 2 rings (SSSR count). The molecule has 112 valence electrons. The van der Waals surface area contributed by atoms with Crippen LogP contribution in [0.15, 0.2) is 34.0 Å². The van der Waals surface area contributed by atoms with E-state index in [9.17, 15) is 4.79 Å². The van der Waals surface area contributed by atoms with Crippen molar-refractivity contribution in [3.05, 3.63) is 35.2 Å². The van der Waals surface area contributed by atoms with Crippen LogP contribution in [0, 0.1) is 0 Å². The summed E-state index contributed by atoms with van der Waals surface area (Å²) in [7, 11) is 4.32. The maximum Gasteiger partial charge on any atom is 0.383 e. The number of methoxy groups -OCH3 is 3. The summed E-state index contributed by atoms with van der Waals surface area (Å²) in [5, 5.41) is 0.497. The van der Waals surface area contributed by atoms with Crippen LogP contribution in [-0.4, -0.2) is 27.9 Å². The fourth-order valence-corrected chi connectivity index (χ4v) is 1.97. The molecule has 1 aromatic carbocycles. The zero-order chi connectivity index (χ0) is 15.4. The van der Waals surface area contributed by atoms with E-state index in [-0.39, 0.29) is 23.7 Å². The highest BCUT2D eigenvalue weighted by Gasteiger charge is 2.21. The minimum absolute atomic E-state index is 0.0152. The van der Waals surface area contributed by atoms with Gasteiger partial charge in [0, 0.05) is 12.1 Å². The molecule has 1 aromatic heterocycles. The monoisotopic (exact) mass is 292 g/mol. The summed E-state index contributed by atoms with van der Waals surface area (Å²) in [4.78, 5) is 11.9. The smallest absolute Gasteiger partial charge is 0.383 e. The Labute approximate surface area is 121 Å². The lowest BCUT2D eigenvalue weighted by Crippen LogP contribution is -2.07. The lowest BCUT2D eigenvalue weighted by Gasteiger charge is -2.14. The maximum absolute atomic E-state index is 11.9. The molecular formula is C15H16O6. The van der Waals surface area contributed by atoms with Gasteiger partial charge < -0.3 is 23.4 Å². The first-order valence-corrected chi connectivity index (χ1v) is 6.16. The van der Waals surface area contributed by atoms with E-state index >= 15 is 0 Å². The zero-order valence-electron chi connectivity index (χ0n) is 12.1. The van der Waals surface area contributed by atoms with E-state index in [1.165, 1.54) is 21.3 Å². The molecule has 2 aromatic rings. The van der Waals surface area contributed by atoms with E-state index in [2.05, 4.69) is 6.58 Å². The minimum atomic E-state index is -0.634. The second-order valence-corrected chi connectivity index (χ2v) is 4.05. The van der Waals surface area contributed by atoms with Crippen LogP contribution in [0.3, 0.4) is 0 Å². The summed E-state index contributed by atoms with van der Waals surface area (Å²) in [5.74, 6) is 1.18. The second kappa shape index (κ2) is 6.21. The van der Waals surface area contributed by atoms with Gasteiger partial charge in [-0.05, 0) is 0 Å². The first kappa shape index (κ1) is 14.8. The first-order valence-electron chi connectivity index (χ1n) is 6.16. The van der Waals surface area contributed by atoms with E-state index in [0.29, 0.717) is 16.9 Å². The van der Waals surface area contributed by atoms with Crippen molar-refractivity contribution in [1.29, 1.82) is 0 Å². The Kier molecular flexibility index (Phi) is 4.37. The summed E-state index contributed by atoms with van der Waals surface area (Å²) in [6, 6.07) is 3.26. The Balaban J connectivity index is 2.84. The Hall–Kier alpha value is -2.63. The predicted molar refractivity (Wildman–Crippen MR) is 77.8 cm³/mol. The highest BCUT2D eigenvalue weighted by molar-refractivity contribution is 5.92. The van der Waals surface area contributed by atoms with Crippen molar-refractivity contribution in [2.45, 2.75) is 0 Å². The predicted octanol–water partition coefficient (Wildman–Crippen LogP) is 2.38. The van der Waals surface area contributed by atoms with Gasteiger partial charge in [-0.3, -0.25) is 0 Å². The Bertz CT molecular complexity index is 716. The summed E-state index contributed by atoms with van der Waals surface area (Å²) >= 11 is 0. The standard InChI is InChI=1S/C15H16O6/c1-5-6-20-10-7-9(17-2)8-11-12(10)13(18-3)14(19-4)15(16)21-11/h5,7-8H,1,6H2,2-4H3. The molecule has 0 spiro atoms. The summed E-state index contributed by atoms with van der Waals surface area (Å²) in [6.45, 7) is 3.89. The molecule has 0 aliphatic rings. The molecule has 21 heavy (non-hydrogen) atoms. The van der Waals surface area contributed by atoms with Crippen LogP contribution in [-0.2, 0) is 0 Å². The number of hydrogen-bond acceptors (Lipinski definition) is 6. The van der Waals surface area contributed by atoms with Crippen LogP contribution in [0.2, 0.25) is 0 Å². The van der Waals surface area contributed by atoms with E-state index in [0.717, 1.165) is 0 Å². The average molecular weight is 292 g/mol. The molecule has 0 bridgehead atoms. The molecule has 0 atom stereocenters. The molecule has 0 N–H and O–H groups in total. The second-order valence-electron chi connectivity index (χ2n) is 4.05. The van der Waals surface area contributed by atoms with Gasteiger partial charge in [-0.2, -0.15) is 0 Å². The fourth-order valence-electron chi connectivity index (χ4n) is 1.97. The molecule has 6 nitrogen and oxygen atoms in total. The topological polar surface area (TPSA) is 67.1 Å². The van der Waals surface area contributed by atoms with E-state index in [1.54, 1.807) is 18.2 Å². The van der Waals surface area contributed by atoms with Gasteiger partial charge in [0.2, 0.25) is 5.75 Å². The van der Waals surface area contributed by atoms with Crippen LogP contribution in [0.25, 0.3) is 11.0 Å². The lowest BCUT2D eigenvalue weighted by molar-refractivity contribution is 0.331. The van der Waals surface area contributed by atoms with Gasteiger partial charge in [-0.25, -0.2) is 4.79 Å². The SMILES string of the molecule is C=CCOc1cc(OC)cc2oc(=O)c(OC)c(OC)c12. The molecule has 0 aliphatic heterocycles. The first-order chi connectivity index (χ1) is 10.2. The van der Waals surface area contributed by atoms with Crippen molar-refractivity contribution in [3.63, 3.8) is 0 Å². The summed E-state index contributed by atoms with van der Waals surface area (Å²) in [5.41, 5.74) is -0.346. The van der Waals surface area contributed by atoms with E-state index in [1.807, 2.05) is 0 Å². The van der Waals surface area contributed by atoms with Crippen molar-refractivity contribution in [1.82, 2.24) is 0 Å². The van der Waals surface area contributed by atoms with Gasteiger partial charge in [-0.1, -0.05) is 12.7 Å². The quantitative estimate of drug-likeness (QED) is 0.601. The molecule has 0 radical (unpaired) electrons. The average Bonchev–Trinajstić information content (AvgIpc) is 2.50. The summed E-state index contributed by atoms with van der Waals surface area (Å²) in [6.07, 6.45) is 1.61. The normalized spacial score (nSPS) is 10.2. The van der Waals surface area contributed by atoms with Gasteiger partial charge in [0.05, 0.1) is 21.3 Å². The number of ether oxygens (including phenoxy) is 4. The van der Waals surface area contributed by atoms with Gasteiger partial charge in [0.15, 0.2) is 5.75 Å². The Morgan fingerprint density at radius 3 is 2.43 bits per heavy atom. The van der Waals surface area contributed by atoms with Gasteiger partial charge in [-0.15, -0.1) is 0 Å². The van der Waals surface area contributed by atoms with Crippen LogP contribution >= 0.6 is 0 Å². The Morgan fingerprint density at radius 2 is 1.86 bits per heavy atom. The van der Waals surface area contributed by atoms with Crippen LogP contribution < -0.4 is 24.6 Å². The third-order valence-corrected chi connectivity index (χ3v) is 2.86. The van der Waals surface area contributed by atoms with Gasteiger partial charge in [0.1, 0.15) is 29.1 Å². The number of rotatable bonds is 6. The van der Waals surface area contributed by atoms with Crippen molar-refractivity contribution in [2.75, 3.05) is 27.9 Å². The van der Waals surface area contributed by atoms with Crippen LogP contribution in [0.5, 0.6) is 23.0 Å². The number of fused-ring (bicyclic) bond motifs is 1. The molecule has 6 heteroatoms. The molecule has 0 amide bonds. The van der Waals surface area contributed by atoms with Crippen molar-refractivity contribution in [3.8, 4) is 23.0 Å². The lowest BCUT2D eigenvalue weighted by atomic mass is 10.2. The van der Waals surface area contributed by atoms with Crippen molar-refractivity contribution >= 4 is 11.0 Å². The number of benzene rings is 1. The molecular weight excluding hydrogens is 276 g/mol. The van der Waals surface area contributed by atoms with Crippen LogP contribution in [0.1, 0.15) is 0 Å². The van der Waals surface area contributed by atoms with Gasteiger partial charge in [0.25, 0.3) is 0 Å². The van der Waals surface area contributed by atoms with E-state index < -0.39 is 5.63 Å². The van der Waals surface area contributed by atoms with Crippen LogP contribution in [0.4, 0.5) is 0 Å². The molecule has 0 aliphatic carbocycles. The highest BCUT2D eigenvalue weighted by atomic mass is 16.5. The maximum atomic E-state index is 11.9. The largest absolute Gasteiger partial charge is 0.496 e. The zero-order valence-corrected chi connectivity index (χ0v) is 12.1. The molecule has 0 fully saturated rings. The van der Waals surface area contributed by atoms with E-state index in [4.69, 9.17) is 23.4 Å². The highest BCUT2D eigenvalue weighted by Crippen LogP contribution is 2.40. The third-order valence-electron chi connectivity index (χ3n) is 2.86. The van der Waals surface area contributed by atoms with Crippen molar-refractivity contribution < 1.29 is 23.4 Å².